The summed E-state index contributed by atoms with van der Waals surface area (Å²) in [4.78, 5) is 15.0. The summed E-state index contributed by atoms with van der Waals surface area (Å²) in [6.07, 6.45) is 7.83. The largest absolute Gasteiger partial charge is 0.349 e. The highest BCUT2D eigenvalue weighted by molar-refractivity contribution is 5.94. The van der Waals surface area contributed by atoms with Crippen LogP contribution in [0.3, 0.4) is 0 Å². The fraction of sp³-hybridized carbons (Fsp3) is 0.667. The average Bonchev–Trinajstić information content (AvgIpc) is 3.20. The molecule has 1 N–H and O–H groups in total. The first-order valence-electron chi connectivity index (χ1n) is 9.79. The van der Waals surface area contributed by atoms with Crippen molar-refractivity contribution in [2.24, 2.45) is 17.8 Å². The van der Waals surface area contributed by atoms with Gasteiger partial charge in [0, 0.05) is 18.2 Å². The second-order valence-corrected chi connectivity index (χ2v) is 8.41. The first-order chi connectivity index (χ1) is 11.7. The second kappa shape index (κ2) is 6.87. The van der Waals surface area contributed by atoms with Crippen molar-refractivity contribution in [3.63, 3.8) is 0 Å². The summed E-state index contributed by atoms with van der Waals surface area (Å²) in [6.45, 7) is 5.77. The number of benzene rings is 1. The van der Waals surface area contributed by atoms with Crippen LogP contribution in [0.25, 0.3) is 0 Å². The Kier molecular flexibility index (Phi) is 4.62. The van der Waals surface area contributed by atoms with Gasteiger partial charge in [0.25, 0.3) is 5.91 Å². The number of hydrogen-bond acceptors (Lipinski definition) is 2. The number of carbonyl (C=O) groups is 1. The van der Waals surface area contributed by atoms with Crippen LogP contribution in [0.4, 0.5) is 0 Å². The van der Waals surface area contributed by atoms with Crippen molar-refractivity contribution in [3.8, 4) is 0 Å². The molecule has 3 heteroatoms. The molecule has 1 aromatic carbocycles. The number of hydrogen-bond donors (Lipinski definition) is 1. The van der Waals surface area contributed by atoms with Gasteiger partial charge in [0.05, 0.1) is 0 Å². The predicted molar refractivity (Wildman–Crippen MR) is 96.8 cm³/mol. The summed E-state index contributed by atoms with van der Waals surface area (Å²) >= 11 is 0. The molecule has 0 radical (unpaired) electrons. The van der Waals surface area contributed by atoms with Crippen molar-refractivity contribution in [2.75, 3.05) is 13.1 Å². The molecule has 0 aromatic heterocycles. The first kappa shape index (κ1) is 16.1. The Morgan fingerprint density at radius 2 is 1.83 bits per heavy atom. The third-order valence-corrected chi connectivity index (χ3v) is 6.55. The number of nitrogens with one attached hydrogen (secondary N) is 1. The van der Waals surface area contributed by atoms with Gasteiger partial charge in [-0.2, -0.15) is 0 Å². The summed E-state index contributed by atoms with van der Waals surface area (Å²) in [7, 11) is 0. The Labute approximate surface area is 145 Å². The van der Waals surface area contributed by atoms with Crippen LogP contribution in [0.1, 0.15) is 61.4 Å². The summed E-state index contributed by atoms with van der Waals surface area (Å²) < 4.78 is 0. The first-order valence-corrected chi connectivity index (χ1v) is 9.79. The molecular formula is C21H30N2O. The lowest BCUT2D eigenvalue weighted by Crippen LogP contribution is -2.38. The molecule has 0 unspecified atom stereocenters. The minimum atomic E-state index is 0.117. The summed E-state index contributed by atoms with van der Waals surface area (Å²) in [5.74, 6) is 2.60. The van der Waals surface area contributed by atoms with Crippen molar-refractivity contribution in [3.05, 3.63) is 35.4 Å². The number of piperidine rings is 1. The maximum absolute atomic E-state index is 12.5. The quantitative estimate of drug-likeness (QED) is 0.912. The molecule has 3 fully saturated rings. The Bertz CT molecular complexity index is 574. The highest BCUT2D eigenvalue weighted by Gasteiger charge is 2.40. The molecule has 24 heavy (non-hydrogen) atoms. The van der Waals surface area contributed by atoms with Gasteiger partial charge in [-0.15, -0.1) is 0 Å². The van der Waals surface area contributed by atoms with Crippen LogP contribution >= 0.6 is 0 Å². The van der Waals surface area contributed by atoms with Gasteiger partial charge in [-0.1, -0.05) is 25.5 Å². The van der Waals surface area contributed by atoms with E-state index >= 15 is 0 Å². The number of amides is 1. The lowest BCUT2D eigenvalue weighted by atomic mass is 9.95. The highest BCUT2D eigenvalue weighted by Crippen LogP contribution is 2.44. The molecule has 2 bridgehead atoms. The molecule has 3 atom stereocenters. The highest BCUT2D eigenvalue weighted by atomic mass is 16.1. The molecule has 1 heterocycles. The summed E-state index contributed by atoms with van der Waals surface area (Å²) in [6, 6.07) is 8.70. The molecule has 2 aliphatic carbocycles. The van der Waals surface area contributed by atoms with Crippen LogP contribution in [0.2, 0.25) is 0 Å². The maximum Gasteiger partial charge on any atom is 0.251 e. The number of nitrogens with zero attached hydrogens (tertiary/aromatic N) is 1. The lowest BCUT2D eigenvalue weighted by molar-refractivity contribution is 0.0923. The van der Waals surface area contributed by atoms with Crippen molar-refractivity contribution >= 4 is 5.91 Å². The molecule has 1 amide bonds. The second-order valence-electron chi connectivity index (χ2n) is 8.41. The van der Waals surface area contributed by atoms with Gasteiger partial charge >= 0.3 is 0 Å². The number of likely N-dealkylation sites (tertiary alicyclic amines) is 1. The monoisotopic (exact) mass is 326 g/mol. The zero-order chi connectivity index (χ0) is 16.5. The number of fused-ring (bicyclic) bond motifs is 2. The van der Waals surface area contributed by atoms with E-state index in [1.54, 1.807) is 0 Å². The van der Waals surface area contributed by atoms with Gasteiger partial charge in [0.1, 0.15) is 0 Å². The van der Waals surface area contributed by atoms with E-state index in [1.165, 1.54) is 57.2 Å². The fourth-order valence-corrected chi connectivity index (χ4v) is 4.91. The van der Waals surface area contributed by atoms with E-state index in [-0.39, 0.29) is 5.91 Å². The molecular weight excluding hydrogens is 296 g/mol. The van der Waals surface area contributed by atoms with Crippen molar-refractivity contribution in [1.29, 1.82) is 0 Å². The number of rotatable bonds is 4. The summed E-state index contributed by atoms with van der Waals surface area (Å²) in [5.41, 5.74) is 2.13. The molecule has 1 aliphatic heterocycles. The van der Waals surface area contributed by atoms with E-state index in [2.05, 4.69) is 29.3 Å². The molecule has 1 saturated heterocycles. The average molecular weight is 326 g/mol. The third kappa shape index (κ3) is 3.51. The van der Waals surface area contributed by atoms with Gasteiger partial charge in [-0.3, -0.25) is 9.69 Å². The van der Waals surface area contributed by atoms with E-state index in [0.29, 0.717) is 6.04 Å². The van der Waals surface area contributed by atoms with Crippen LogP contribution in [0.5, 0.6) is 0 Å². The van der Waals surface area contributed by atoms with Crippen LogP contribution in [-0.4, -0.2) is 29.9 Å². The summed E-state index contributed by atoms with van der Waals surface area (Å²) in [5, 5.41) is 3.28. The van der Waals surface area contributed by atoms with Crippen molar-refractivity contribution in [2.45, 2.75) is 58.0 Å². The van der Waals surface area contributed by atoms with Crippen LogP contribution in [0.15, 0.2) is 24.3 Å². The Morgan fingerprint density at radius 1 is 1.08 bits per heavy atom. The smallest absolute Gasteiger partial charge is 0.251 e. The molecule has 130 valence electrons. The SMILES string of the molecule is CC1CCN(Cc2ccc(C(=O)N[C@H]3C[C@H]4CC[C@H]3C4)cc2)CC1. The predicted octanol–water partition coefficient (Wildman–Crippen LogP) is 3.84. The normalized spacial score (nSPS) is 30.6. The van der Waals surface area contributed by atoms with E-state index in [9.17, 15) is 4.79 Å². The van der Waals surface area contributed by atoms with Crippen molar-refractivity contribution < 1.29 is 4.79 Å². The van der Waals surface area contributed by atoms with Gasteiger partial charge in [0.15, 0.2) is 0 Å². The topological polar surface area (TPSA) is 32.3 Å². The van der Waals surface area contributed by atoms with E-state index in [4.69, 9.17) is 0 Å². The third-order valence-electron chi connectivity index (χ3n) is 6.55. The van der Waals surface area contributed by atoms with Crippen LogP contribution in [-0.2, 0) is 6.54 Å². The van der Waals surface area contributed by atoms with Gasteiger partial charge in [-0.05, 0) is 80.6 Å². The van der Waals surface area contributed by atoms with Crippen LogP contribution < -0.4 is 5.32 Å². The fourth-order valence-electron chi connectivity index (χ4n) is 4.91. The van der Waals surface area contributed by atoms with Gasteiger partial charge < -0.3 is 5.32 Å². The minimum Gasteiger partial charge on any atom is -0.349 e. The van der Waals surface area contributed by atoms with Gasteiger partial charge in [-0.25, -0.2) is 0 Å². The molecule has 2 saturated carbocycles. The molecule has 3 nitrogen and oxygen atoms in total. The molecule has 4 rings (SSSR count). The van der Waals surface area contributed by atoms with E-state index in [0.717, 1.165) is 29.9 Å². The zero-order valence-electron chi connectivity index (χ0n) is 14.8. The maximum atomic E-state index is 12.5. The van der Waals surface area contributed by atoms with Crippen molar-refractivity contribution in [1.82, 2.24) is 10.2 Å². The minimum absolute atomic E-state index is 0.117. The lowest BCUT2D eigenvalue weighted by Gasteiger charge is -2.30. The standard InChI is InChI=1S/C21H30N2O/c1-15-8-10-23(11-9-15)14-16-2-5-18(6-3-16)21(24)22-20-13-17-4-7-19(20)12-17/h2-3,5-6,15,17,19-20H,4,7-14H2,1H3,(H,22,24)/t17-,19-,20-/m0/s1. The zero-order valence-corrected chi connectivity index (χ0v) is 14.8. The molecule has 1 aromatic rings. The Balaban J connectivity index is 1.31. The number of carbonyl (C=O) groups excluding carboxylic acids is 1. The van der Waals surface area contributed by atoms with Gasteiger partial charge in [0.2, 0.25) is 0 Å². The van der Waals surface area contributed by atoms with E-state index in [1.807, 2.05) is 12.1 Å². The Hall–Kier alpha value is -1.35. The molecule has 3 aliphatic rings. The van der Waals surface area contributed by atoms with E-state index < -0.39 is 0 Å². The Morgan fingerprint density at radius 3 is 2.46 bits per heavy atom. The van der Waals surface area contributed by atoms with Crippen LogP contribution in [0, 0.1) is 17.8 Å². The molecule has 0 spiro atoms.